The predicted molar refractivity (Wildman–Crippen MR) is 76.3 cm³/mol. The Labute approximate surface area is 111 Å². The van der Waals surface area contributed by atoms with Gasteiger partial charge in [0.05, 0.1) is 0 Å². The monoisotopic (exact) mass is 247 g/mol. The summed E-state index contributed by atoms with van der Waals surface area (Å²) in [6, 6.07) is 9.12. The minimum atomic E-state index is 0.535. The Hall–Kier alpha value is -1.02. The molecule has 100 valence electrons. The van der Waals surface area contributed by atoms with Crippen LogP contribution in [0.2, 0.25) is 0 Å². The van der Waals surface area contributed by atoms with E-state index in [9.17, 15) is 0 Å². The molecule has 2 rings (SSSR count). The Morgan fingerprint density at radius 3 is 2.67 bits per heavy atom. The number of benzene rings is 1. The van der Waals surface area contributed by atoms with Gasteiger partial charge in [0.1, 0.15) is 12.4 Å². The highest BCUT2D eigenvalue weighted by molar-refractivity contribution is 5.29. The fourth-order valence-electron chi connectivity index (χ4n) is 2.39. The largest absolute Gasteiger partial charge is 0.492 e. The van der Waals surface area contributed by atoms with Gasteiger partial charge >= 0.3 is 0 Å². The van der Waals surface area contributed by atoms with Crippen LogP contribution in [-0.2, 0) is 0 Å². The van der Waals surface area contributed by atoms with Gasteiger partial charge in [-0.15, -0.1) is 0 Å². The van der Waals surface area contributed by atoms with E-state index in [4.69, 9.17) is 4.74 Å². The van der Waals surface area contributed by atoms with Crippen molar-refractivity contribution in [1.29, 1.82) is 0 Å². The van der Waals surface area contributed by atoms with E-state index in [0.29, 0.717) is 12.0 Å². The van der Waals surface area contributed by atoms with Crippen LogP contribution in [0.3, 0.4) is 0 Å². The molecule has 1 N–H and O–H groups in total. The number of hydrogen-bond acceptors (Lipinski definition) is 2. The van der Waals surface area contributed by atoms with Crippen molar-refractivity contribution in [3.05, 3.63) is 29.8 Å². The molecule has 0 bridgehead atoms. The molecule has 2 unspecified atom stereocenters. The zero-order valence-electron chi connectivity index (χ0n) is 11.6. The molecule has 1 aromatic carbocycles. The van der Waals surface area contributed by atoms with Crippen molar-refractivity contribution in [2.75, 3.05) is 13.2 Å². The Balaban J connectivity index is 1.82. The van der Waals surface area contributed by atoms with Crippen molar-refractivity contribution >= 4 is 0 Å². The average molecular weight is 247 g/mol. The second kappa shape index (κ2) is 6.79. The molecule has 0 aliphatic carbocycles. The van der Waals surface area contributed by atoms with Gasteiger partial charge in [0.25, 0.3) is 0 Å². The quantitative estimate of drug-likeness (QED) is 0.856. The van der Waals surface area contributed by atoms with E-state index in [1.54, 1.807) is 0 Å². The maximum absolute atomic E-state index is 5.85. The van der Waals surface area contributed by atoms with Crippen molar-refractivity contribution in [3.8, 4) is 5.75 Å². The van der Waals surface area contributed by atoms with E-state index in [0.717, 1.165) is 18.9 Å². The first-order valence-electron chi connectivity index (χ1n) is 7.25. The lowest BCUT2D eigenvalue weighted by Crippen LogP contribution is -2.38. The lowest BCUT2D eigenvalue weighted by Gasteiger charge is -2.23. The van der Waals surface area contributed by atoms with Crippen LogP contribution >= 0.6 is 0 Å². The smallest absolute Gasteiger partial charge is 0.119 e. The van der Waals surface area contributed by atoms with Gasteiger partial charge in [-0.3, -0.25) is 0 Å². The van der Waals surface area contributed by atoms with Crippen LogP contribution < -0.4 is 10.1 Å². The number of rotatable bonds is 5. The Kier molecular flexibility index (Phi) is 5.06. The highest BCUT2D eigenvalue weighted by Crippen LogP contribution is 2.21. The Bertz CT molecular complexity index is 341. The first-order valence-corrected chi connectivity index (χ1v) is 7.25. The van der Waals surface area contributed by atoms with Crippen LogP contribution in [0.1, 0.15) is 51.0 Å². The summed E-state index contributed by atoms with van der Waals surface area (Å²) < 4.78 is 5.85. The summed E-state index contributed by atoms with van der Waals surface area (Å²) in [4.78, 5) is 0. The van der Waals surface area contributed by atoms with E-state index in [1.165, 1.54) is 31.2 Å². The molecule has 2 atom stereocenters. The SMILES string of the molecule is CCC(C)c1ccc(OCC2CCCCN2)cc1. The topological polar surface area (TPSA) is 21.3 Å². The highest BCUT2D eigenvalue weighted by Gasteiger charge is 2.12. The molecule has 0 spiro atoms. The lowest BCUT2D eigenvalue weighted by molar-refractivity contribution is 0.239. The second-order valence-corrected chi connectivity index (χ2v) is 5.34. The number of nitrogens with one attached hydrogen (secondary N) is 1. The van der Waals surface area contributed by atoms with Crippen LogP contribution in [0.25, 0.3) is 0 Å². The third-order valence-electron chi connectivity index (χ3n) is 3.93. The molecule has 2 heteroatoms. The maximum atomic E-state index is 5.85. The third-order valence-corrected chi connectivity index (χ3v) is 3.93. The zero-order valence-corrected chi connectivity index (χ0v) is 11.6. The van der Waals surface area contributed by atoms with Crippen LogP contribution in [0.15, 0.2) is 24.3 Å². The van der Waals surface area contributed by atoms with Gasteiger partial charge in [-0.2, -0.15) is 0 Å². The van der Waals surface area contributed by atoms with Crippen molar-refractivity contribution < 1.29 is 4.74 Å². The van der Waals surface area contributed by atoms with Gasteiger partial charge < -0.3 is 10.1 Å². The first kappa shape index (κ1) is 13.4. The minimum absolute atomic E-state index is 0.535. The molecule has 1 fully saturated rings. The molecule has 1 heterocycles. The van der Waals surface area contributed by atoms with Crippen molar-refractivity contribution in [2.24, 2.45) is 0 Å². The van der Waals surface area contributed by atoms with Gasteiger partial charge in [-0.1, -0.05) is 32.4 Å². The molecule has 0 amide bonds. The number of ether oxygens (including phenoxy) is 1. The Morgan fingerprint density at radius 1 is 1.28 bits per heavy atom. The molecule has 0 aromatic heterocycles. The molecular formula is C16H25NO. The van der Waals surface area contributed by atoms with Gasteiger partial charge in [0.2, 0.25) is 0 Å². The second-order valence-electron chi connectivity index (χ2n) is 5.34. The minimum Gasteiger partial charge on any atom is -0.492 e. The molecule has 0 radical (unpaired) electrons. The predicted octanol–water partition coefficient (Wildman–Crippen LogP) is 3.72. The van der Waals surface area contributed by atoms with Crippen LogP contribution in [0, 0.1) is 0 Å². The molecule has 1 aliphatic rings. The summed E-state index contributed by atoms with van der Waals surface area (Å²) in [7, 11) is 0. The van der Waals surface area contributed by atoms with Crippen molar-refractivity contribution in [3.63, 3.8) is 0 Å². The Morgan fingerprint density at radius 2 is 2.06 bits per heavy atom. The summed E-state index contributed by atoms with van der Waals surface area (Å²) in [6.45, 7) is 6.43. The fraction of sp³-hybridized carbons (Fsp3) is 0.625. The van der Waals surface area contributed by atoms with Gasteiger partial charge in [0.15, 0.2) is 0 Å². The van der Waals surface area contributed by atoms with Crippen molar-refractivity contribution in [1.82, 2.24) is 5.32 Å². The standard InChI is InChI=1S/C16H25NO/c1-3-13(2)14-7-9-16(10-8-14)18-12-15-6-4-5-11-17-15/h7-10,13,15,17H,3-6,11-12H2,1-2H3. The lowest BCUT2D eigenvalue weighted by atomic mass is 9.99. The van der Waals surface area contributed by atoms with E-state index < -0.39 is 0 Å². The van der Waals surface area contributed by atoms with E-state index in [2.05, 4.69) is 43.4 Å². The highest BCUT2D eigenvalue weighted by atomic mass is 16.5. The van der Waals surface area contributed by atoms with E-state index in [-0.39, 0.29) is 0 Å². The maximum Gasteiger partial charge on any atom is 0.119 e. The molecule has 1 saturated heterocycles. The van der Waals surface area contributed by atoms with Crippen LogP contribution in [-0.4, -0.2) is 19.2 Å². The van der Waals surface area contributed by atoms with Crippen LogP contribution in [0.5, 0.6) is 5.75 Å². The van der Waals surface area contributed by atoms with Gasteiger partial charge in [0, 0.05) is 6.04 Å². The summed E-state index contributed by atoms with van der Waals surface area (Å²) >= 11 is 0. The molecule has 1 aromatic rings. The summed E-state index contributed by atoms with van der Waals surface area (Å²) in [5, 5.41) is 3.50. The normalized spacial score (nSPS) is 21.6. The van der Waals surface area contributed by atoms with Crippen LogP contribution in [0.4, 0.5) is 0 Å². The summed E-state index contributed by atoms with van der Waals surface area (Å²) in [5.41, 5.74) is 1.40. The summed E-state index contributed by atoms with van der Waals surface area (Å²) in [5.74, 6) is 1.63. The zero-order chi connectivity index (χ0) is 12.8. The summed E-state index contributed by atoms with van der Waals surface area (Å²) in [6.07, 6.45) is 5.06. The molecular weight excluding hydrogens is 222 g/mol. The van der Waals surface area contributed by atoms with Gasteiger partial charge in [-0.05, 0) is 49.4 Å². The van der Waals surface area contributed by atoms with E-state index >= 15 is 0 Å². The third kappa shape index (κ3) is 3.74. The molecule has 0 saturated carbocycles. The fourth-order valence-corrected chi connectivity index (χ4v) is 2.39. The van der Waals surface area contributed by atoms with Crippen molar-refractivity contribution in [2.45, 2.75) is 51.5 Å². The molecule has 18 heavy (non-hydrogen) atoms. The average Bonchev–Trinajstić information content (AvgIpc) is 2.46. The molecule has 1 aliphatic heterocycles. The number of piperidine rings is 1. The molecule has 2 nitrogen and oxygen atoms in total. The number of hydrogen-bond donors (Lipinski definition) is 1. The van der Waals surface area contributed by atoms with E-state index in [1.807, 2.05) is 0 Å². The first-order chi connectivity index (χ1) is 8.79. The van der Waals surface area contributed by atoms with Gasteiger partial charge in [-0.25, -0.2) is 0 Å².